The normalized spacial score (nSPS) is 12.3. The predicted molar refractivity (Wildman–Crippen MR) is 60.0 cm³/mol. The van der Waals surface area contributed by atoms with Gasteiger partial charge in [0.15, 0.2) is 5.82 Å². The van der Waals surface area contributed by atoms with Crippen LogP contribution in [-0.2, 0) is 25.6 Å². The van der Waals surface area contributed by atoms with Crippen molar-refractivity contribution in [3.8, 4) is 0 Å². The Morgan fingerprint density at radius 1 is 1.29 bits per heavy atom. The average molecular weight is 284 g/mol. The summed E-state index contributed by atoms with van der Waals surface area (Å²) in [5.74, 6) is 0.257. The third-order valence-corrected chi connectivity index (χ3v) is 3.14. The molecule has 0 saturated heterocycles. The van der Waals surface area contributed by atoms with E-state index in [-0.39, 0.29) is 11.0 Å². The smallest absolute Gasteiger partial charge is 0.296 e. The van der Waals surface area contributed by atoms with Gasteiger partial charge in [0.05, 0.1) is 0 Å². The van der Waals surface area contributed by atoms with Crippen molar-refractivity contribution >= 4 is 19.7 Å². The first-order valence-corrected chi connectivity index (χ1v) is 7.29. The van der Waals surface area contributed by atoms with Gasteiger partial charge in [0.2, 0.25) is 6.29 Å². The molecule has 98 valence electrons. The molecule has 9 heteroatoms. The van der Waals surface area contributed by atoms with E-state index in [4.69, 9.17) is 20.2 Å². The zero-order valence-corrected chi connectivity index (χ0v) is 11.3. The first-order valence-electron chi connectivity index (χ1n) is 4.99. The Balaban J connectivity index is 3.09. The average Bonchev–Trinajstić information content (AvgIpc) is 2.59. The minimum atomic E-state index is -3.93. The summed E-state index contributed by atoms with van der Waals surface area (Å²) in [4.78, 5) is 0. The van der Waals surface area contributed by atoms with Crippen LogP contribution in [0.5, 0.6) is 0 Å². The van der Waals surface area contributed by atoms with Crippen molar-refractivity contribution in [3.05, 3.63) is 5.82 Å². The fourth-order valence-electron chi connectivity index (χ4n) is 1.24. The largest absolute Gasteiger partial charge is 0.346 e. The van der Waals surface area contributed by atoms with Gasteiger partial charge in [-0.25, -0.2) is 8.42 Å². The Labute approximate surface area is 104 Å². The van der Waals surface area contributed by atoms with Crippen molar-refractivity contribution in [2.75, 3.05) is 13.2 Å². The molecule has 0 unspecified atom stereocenters. The summed E-state index contributed by atoms with van der Waals surface area (Å²) >= 11 is 0. The Morgan fingerprint density at radius 2 is 1.82 bits per heavy atom. The van der Waals surface area contributed by atoms with Gasteiger partial charge in [-0.15, -0.1) is 10.2 Å². The highest BCUT2D eigenvalue weighted by molar-refractivity contribution is 8.13. The lowest BCUT2D eigenvalue weighted by Crippen LogP contribution is -2.15. The van der Waals surface area contributed by atoms with E-state index in [2.05, 4.69) is 10.2 Å². The lowest BCUT2D eigenvalue weighted by Gasteiger charge is -2.15. The molecule has 0 aliphatic heterocycles. The van der Waals surface area contributed by atoms with Crippen LogP contribution in [0.4, 0.5) is 0 Å². The van der Waals surface area contributed by atoms with Gasteiger partial charge in [-0.3, -0.25) is 4.57 Å². The third kappa shape index (κ3) is 3.38. The van der Waals surface area contributed by atoms with E-state index in [1.165, 1.54) is 11.6 Å². The van der Waals surface area contributed by atoms with Crippen LogP contribution in [0.15, 0.2) is 5.16 Å². The number of ether oxygens (including phenoxy) is 2. The fourth-order valence-corrected chi connectivity index (χ4v) is 2.21. The van der Waals surface area contributed by atoms with E-state index in [1.807, 2.05) is 0 Å². The van der Waals surface area contributed by atoms with Gasteiger partial charge in [0, 0.05) is 30.9 Å². The molecular formula is C8H14ClN3O4S. The maximum atomic E-state index is 11.2. The molecule has 0 aliphatic rings. The predicted octanol–water partition coefficient (Wildman–Crippen LogP) is 0.814. The Morgan fingerprint density at radius 3 is 2.18 bits per heavy atom. The van der Waals surface area contributed by atoms with E-state index >= 15 is 0 Å². The van der Waals surface area contributed by atoms with Crippen LogP contribution in [0.3, 0.4) is 0 Å². The zero-order valence-electron chi connectivity index (χ0n) is 9.75. The van der Waals surface area contributed by atoms with Gasteiger partial charge in [-0.1, -0.05) is 0 Å². The highest BCUT2D eigenvalue weighted by Gasteiger charge is 2.25. The number of rotatable bonds is 6. The van der Waals surface area contributed by atoms with Gasteiger partial charge in [-0.05, 0) is 13.8 Å². The molecule has 0 spiro atoms. The summed E-state index contributed by atoms with van der Waals surface area (Å²) in [5.41, 5.74) is 0. The van der Waals surface area contributed by atoms with Crippen LogP contribution < -0.4 is 0 Å². The number of halogens is 1. The summed E-state index contributed by atoms with van der Waals surface area (Å²) in [6.07, 6.45) is -0.755. The SMILES string of the molecule is CCOC(OCC)c1nnc(S(=O)(=O)Cl)n1C. The van der Waals surface area contributed by atoms with Crippen molar-refractivity contribution in [2.24, 2.45) is 7.05 Å². The molecule has 0 radical (unpaired) electrons. The zero-order chi connectivity index (χ0) is 13.1. The topological polar surface area (TPSA) is 83.3 Å². The number of hydrogen-bond donors (Lipinski definition) is 0. The molecule has 1 rings (SSSR count). The molecule has 0 saturated carbocycles. The summed E-state index contributed by atoms with van der Waals surface area (Å²) in [7, 11) is 2.76. The molecule has 0 amide bonds. The maximum absolute atomic E-state index is 11.2. The van der Waals surface area contributed by atoms with Gasteiger partial charge < -0.3 is 9.47 Å². The molecule has 0 bridgehead atoms. The summed E-state index contributed by atoms with van der Waals surface area (Å²) in [6, 6.07) is 0. The molecule has 0 atom stereocenters. The number of hydrogen-bond acceptors (Lipinski definition) is 6. The molecule has 1 heterocycles. The molecule has 17 heavy (non-hydrogen) atoms. The molecule has 7 nitrogen and oxygen atoms in total. The Hall–Kier alpha value is -0.700. The van der Waals surface area contributed by atoms with Crippen molar-refractivity contribution < 1.29 is 17.9 Å². The van der Waals surface area contributed by atoms with Gasteiger partial charge in [-0.2, -0.15) is 0 Å². The van der Waals surface area contributed by atoms with Crippen molar-refractivity contribution in [1.82, 2.24) is 14.8 Å². The van der Waals surface area contributed by atoms with E-state index in [1.54, 1.807) is 13.8 Å². The lowest BCUT2D eigenvalue weighted by atomic mass is 10.5. The molecule has 0 fully saturated rings. The van der Waals surface area contributed by atoms with Crippen LogP contribution in [0.1, 0.15) is 26.0 Å². The Kier molecular flexibility index (Phi) is 4.87. The standard InChI is InChI=1S/C8H14ClN3O4S/c1-4-15-7(16-5-2)6-10-11-8(12(6)3)17(9,13)14/h7H,4-5H2,1-3H3. The highest BCUT2D eigenvalue weighted by atomic mass is 35.7. The van der Waals surface area contributed by atoms with E-state index in [0.29, 0.717) is 13.2 Å². The van der Waals surface area contributed by atoms with Crippen molar-refractivity contribution in [3.63, 3.8) is 0 Å². The van der Waals surface area contributed by atoms with E-state index in [0.717, 1.165) is 0 Å². The third-order valence-electron chi connectivity index (χ3n) is 1.93. The van der Waals surface area contributed by atoms with E-state index in [9.17, 15) is 8.42 Å². The van der Waals surface area contributed by atoms with Gasteiger partial charge >= 0.3 is 0 Å². The fraction of sp³-hybridized carbons (Fsp3) is 0.750. The maximum Gasteiger partial charge on any atom is 0.296 e. The van der Waals surface area contributed by atoms with E-state index < -0.39 is 15.3 Å². The van der Waals surface area contributed by atoms with Crippen molar-refractivity contribution in [1.29, 1.82) is 0 Å². The minimum Gasteiger partial charge on any atom is -0.346 e. The molecule has 0 aliphatic carbocycles. The Bertz CT molecular complexity index is 467. The second kappa shape index (κ2) is 5.76. The molecule has 0 aromatic carbocycles. The monoisotopic (exact) mass is 283 g/mol. The number of nitrogens with zero attached hydrogens (tertiary/aromatic N) is 3. The second-order valence-corrected chi connectivity index (χ2v) is 5.54. The van der Waals surface area contributed by atoms with Gasteiger partial charge in [0.25, 0.3) is 14.2 Å². The van der Waals surface area contributed by atoms with Crippen LogP contribution in [0.2, 0.25) is 0 Å². The molecule has 1 aromatic rings. The quantitative estimate of drug-likeness (QED) is 0.568. The molecular weight excluding hydrogens is 270 g/mol. The van der Waals surface area contributed by atoms with Crippen LogP contribution in [-0.4, -0.2) is 36.4 Å². The van der Waals surface area contributed by atoms with Crippen LogP contribution in [0, 0.1) is 0 Å². The van der Waals surface area contributed by atoms with Gasteiger partial charge in [0.1, 0.15) is 0 Å². The molecule has 0 N–H and O–H groups in total. The summed E-state index contributed by atoms with van der Waals surface area (Å²) in [5, 5.41) is 6.89. The lowest BCUT2D eigenvalue weighted by molar-refractivity contribution is -0.146. The number of aromatic nitrogens is 3. The van der Waals surface area contributed by atoms with Crippen molar-refractivity contribution in [2.45, 2.75) is 25.3 Å². The van der Waals surface area contributed by atoms with Crippen LogP contribution >= 0.6 is 10.7 Å². The molecule has 1 aromatic heterocycles. The summed E-state index contributed by atoms with van der Waals surface area (Å²) in [6.45, 7) is 4.39. The summed E-state index contributed by atoms with van der Waals surface area (Å²) < 4.78 is 34.1. The minimum absolute atomic E-state index is 0.257. The second-order valence-electron chi connectivity index (χ2n) is 3.08. The first-order chi connectivity index (χ1) is 7.91. The van der Waals surface area contributed by atoms with Crippen LogP contribution in [0.25, 0.3) is 0 Å². The highest BCUT2D eigenvalue weighted by Crippen LogP contribution is 2.20. The first kappa shape index (κ1) is 14.4.